The summed E-state index contributed by atoms with van der Waals surface area (Å²) in [6, 6.07) is 2.09. The molecule has 2 amide bonds. The molecule has 1 saturated carbocycles. The lowest BCUT2D eigenvalue weighted by molar-refractivity contribution is -0.139. The van der Waals surface area contributed by atoms with Gasteiger partial charge in [-0.15, -0.1) is 0 Å². The maximum absolute atomic E-state index is 13.8. The lowest BCUT2D eigenvalue weighted by Gasteiger charge is -2.42. The third kappa shape index (κ3) is 4.75. The van der Waals surface area contributed by atoms with Gasteiger partial charge in [-0.25, -0.2) is 9.18 Å². The molecule has 144 valence electrons. The van der Waals surface area contributed by atoms with Gasteiger partial charge in [-0.2, -0.15) is 0 Å². The van der Waals surface area contributed by atoms with Gasteiger partial charge in [-0.3, -0.25) is 9.69 Å². The van der Waals surface area contributed by atoms with Crippen molar-refractivity contribution in [1.82, 2.24) is 10.2 Å². The number of nitrogens with zero attached hydrogens (tertiary/aromatic N) is 1. The van der Waals surface area contributed by atoms with Gasteiger partial charge in [0.25, 0.3) is 0 Å². The highest BCUT2D eigenvalue weighted by Crippen LogP contribution is 2.32. The Hall–Kier alpha value is -2.55. The second-order valence-corrected chi connectivity index (χ2v) is 6.06. The molecule has 8 nitrogen and oxygen atoms in total. The van der Waals surface area contributed by atoms with Crippen molar-refractivity contribution in [3.63, 3.8) is 0 Å². The number of benzene rings is 1. The van der Waals surface area contributed by atoms with E-state index in [1.54, 1.807) is 0 Å². The minimum Gasteiger partial charge on any atom is -0.494 e. The van der Waals surface area contributed by atoms with Crippen LogP contribution in [0.3, 0.4) is 0 Å². The normalized spacial score (nSPS) is 18.8. The number of halogens is 1. The smallest absolute Gasteiger partial charge is 0.319 e. The molecule has 0 aromatic heterocycles. The quantitative estimate of drug-likeness (QED) is 0.647. The zero-order chi connectivity index (χ0) is 19.3. The van der Waals surface area contributed by atoms with Gasteiger partial charge in [0.05, 0.1) is 26.5 Å². The number of methoxy groups -OCH3 is 2. The number of aliphatic carboxylic acids is 1. The molecule has 1 fully saturated rings. The number of carbonyl (C=O) groups is 2. The second kappa shape index (κ2) is 8.70. The summed E-state index contributed by atoms with van der Waals surface area (Å²) in [5, 5.41) is 14.3. The highest BCUT2D eigenvalue weighted by Gasteiger charge is 2.34. The Balaban J connectivity index is 1.89. The fraction of sp³-hybridized carbons (Fsp3) is 0.529. The van der Waals surface area contributed by atoms with Crippen molar-refractivity contribution < 1.29 is 28.6 Å². The topological polar surface area (TPSA) is 100 Å². The van der Waals surface area contributed by atoms with Crippen molar-refractivity contribution in [1.29, 1.82) is 0 Å². The van der Waals surface area contributed by atoms with E-state index in [0.717, 1.165) is 6.07 Å². The van der Waals surface area contributed by atoms with E-state index in [9.17, 15) is 14.0 Å². The first kappa shape index (κ1) is 19.8. The van der Waals surface area contributed by atoms with E-state index in [4.69, 9.17) is 14.6 Å². The van der Waals surface area contributed by atoms with Crippen LogP contribution in [0.15, 0.2) is 12.1 Å². The molecule has 1 aliphatic carbocycles. The highest BCUT2D eigenvalue weighted by atomic mass is 19.1. The number of amides is 2. The third-order valence-electron chi connectivity index (χ3n) is 4.43. The van der Waals surface area contributed by atoms with Crippen molar-refractivity contribution in [3.8, 4) is 11.5 Å². The maximum atomic E-state index is 13.8. The number of carboxylic acid groups (broad SMARTS) is 1. The van der Waals surface area contributed by atoms with E-state index in [2.05, 4.69) is 10.6 Å². The minimum atomic E-state index is -0.866. The summed E-state index contributed by atoms with van der Waals surface area (Å²) in [6.45, 7) is 2.53. The lowest BCUT2D eigenvalue weighted by Crippen LogP contribution is -2.55. The first-order valence-corrected chi connectivity index (χ1v) is 8.32. The van der Waals surface area contributed by atoms with Gasteiger partial charge in [0.1, 0.15) is 5.75 Å². The molecule has 0 radical (unpaired) electrons. The van der Waals surface area contributed by atoms with Crippen LogP contribution in [-0.4, -0.2) is 61.4 Å². The molecule has 3 N–H and O–H groups in total. The second-order valence-electron chi connectivity index (χ2n) is 6.06. The van der Waals surface area contributed by atoms with Crippen LogP contribution in [-0.2, 0) is 4.79 Å². The van der Waals surface area contributed by atoms with Crippen LogP contribution in [0.25, 0.3) is 0 Å². The number of likely N-dealkylation sites (N-methyl/N-ethyl adjacent to an activating group) is 1. The Morgan fingerprint density at radius 2 is 1.92 bits per heavy atom. The van der Waals surface area contributed by atoms with Gasteiger partial charge in [0, 0.05) is 24.2 Å². The van der Waals surface area contributed by atoms with E-state index in [0.29, 0.717) is 19.4 Å². The predicted octanol–water partition coefficient (Wildman–Crippen LogP) is 1.90. The van der Waals surface area contributed by atoms with Crippen LogP contribution in [0.2, 0.25) is 0 Å². The number of hydrogen-bond acceptors (Lipinski definition) is 5. The summed E-state index contributed by atoms with van der Waals surface area (Å²) in [4.78, 5) is 24.8. The Labute approximate surface area is 151 Å². The van der Waals surface area contributed by atoms with E-state index in [-0.39, 0.29) is 35.8 Å². The van der Waals surface area contributed by atoms with Gasteiger partial charge in [0.15, 0.2) is 11.6 Å². The van der Waals surface area contributed by atoms with Crippen molar-refractivity contribution in [3.05, 3.63) is 17.9 Å². The summed E-state index contributed by atoms with van der Waals surface area (Å²) in [7, 11) is 2.75. The van der Waals surface area contributed by atoms with Crippen LogP contribution < -0.4 is 20.1 Å². The van der Waals surface area contributed by atoms with Crippen molar-refractivity contribution in [2.45, 2.75) is 31.8 Å². The van der Waals surface area contributed by atoms with Gasteiger partial charge < -0.3 is 25.2 Å². The molecule has 0 atom stereocenters. The number of rotatable bonds is 8. The Morgan fingerprint density at radius 1 is 1.27 bits per heavy atom. The average Bonchev–Trinajstić information content (AvgIpc) is 2.56. The molecule has 1 aliphatic rings. The summed E-state index contributed by atoms with van der Waals surface area (Å²) in [5.41, 5.74) is 0.195. The first-order chi connectivity index (χ1) is 12.4. The molecule has 1 aromatic rings. The largest absolute Gasteiger partial charge is 0.494 e. The lowest BCUT2D eigenvalue weighted by atomic mass is 9.85. The molecular formula is C17H24FN3O5. The number of urea groups is 1. The average molecular weight is 369 g/mol. The van der Waals surface area contributed by atoms with Crippen LogP contribution in [0.1, 0.15) is 19.8 Å². The van der Waals surface area contributed by atoms with Crippen molar-refractivity contribution >= 4 is 17.7 Å². The zero-order valence-electron chi connectivity index (χ0n) is 15.0. The number of carbonyl (C=O) groups excluding carboxylic acids is 1. The summed E-state index contributed by atoms with van der Waals surface area (Å²) >= 11 is 0. The van der Waals surface area contributed by atoms with Crippen molar-refractivity contribution in [2.24, 2.45) is 0 Å². The Kier molecular flexibility index (Phi) is 6.62. The number of carboxylic acids is 1. The summed E-state index contributed by atoms with van der Waals surface area (Å²) in [5.74, 6) is -1.18. The molecule has 9 heteroatoms. The summed E-state index contributed by atoms with van der Waals surface area (Å²) < 4.78 is 23.9. The van der Waals surface area contributed by atoms with E-state index >= 15 is 0 Å². The number of nitrogens with one attached hydrogen (secondary N) is 2. The molecule has 0 bridgehead atoms. The molecule has 0 spiro atoms. The van der Waals surface area contributed by atoms with Crippen LogP contribution in [0, 0.1) is 5.82 Å². The van der Waals surface area contributed by atoms with E-state index in [1.165, 1.54) is 20.3 Å². The number of anilines is 1. The monoisotopic (exact) mass is 369 g/mol. The van der Waals surface area contributed by atoms with E-state index < -0.39 is 17.8 Å². The Morgan fingerprint density at radius 3 is 2.46 bits per heavy atom. The maximum Gasteiger partial charge on any atom is 0.319 e. The number of ether oxygens (including phenoxy) is 2. The molecule has 0 saturated heterocycles. The first-order valence-electron chi connectivity index (χ1n) is 8.32. The Bertz CT molecular complexity index is 664. The summed E-state index contributed by atoms with van der Waals surface area (Å²) in [6.07, 6.45) is 1.34. The van der Waals surface area contributed by atoms with Crippen LogP contribution in [0.5, 0.6) is 11.5 Å². The molecule has 2 rings (SSSR count). The fourth-order valence-corrected chi connectivity index (χ4v) is 2.98. The van der Waals surface area contributed by atoms with Gasteiger partial charge in [0.2, 0.25) is 0 Å². The zero-order valence-corrected chi connectivity index (χ0v) is 15.0. The molecular weight excluding hydrogens is 345 g/mol. The molecule has 0 unspecified atom stereocenters. The standard InChI is InChI=1S/C17H24FN3O5/c1-4-21(9-16(22)23)11-5-10(6-11)19-17(24)20-13-7-12(18)14(25-2)8-15(13)26-3/h7-8,10-11H,4-6,9H2,1-3H3,(H,22,23)(H2,19,20,24). The van der Waals surface area contributed by atoms with E-state index in [1.807, 2.05) is 11.8 Å². The SMILES string of the molecule is CCN(CC(=O)O)C1CC(NC(=O)Nc2cc(F)c(OC)cc2OC)C1. The molecule has 1 aromatic carbocycles. The fourth-order valence-electron chi connectivity index (χ4n) is 2.98. The number of hydrogen-bond donors (Lipinski definition) is 3. The molecule has 0 aliphatic heterocycles. The highest BCUT2D eigenvalue weighted by molar-refractivity contribution is 5.91. The predicted molar refractivity (Wildman–Crippen MR) is 93.4 cm³/mol. The van der Waals surface area contributed by atoms with Crippen LogP contribution in [0.4, 0.5) is 14.9 Å². The third-order valence-corrected chi connectivity index (χ3v) is 4.43. The molecule has 26 heavy (non-hydrogen) atoms. The van der Waals surface area contributed by atoms with Crippen LogP contribution >= 0.6 is 0 Å². The van der Waals surface area contributed by atoms with Gasteiger partial charge in [-0.1, -0.05) is 6.92 Å². The minimum absolute atomic E-state index is 0.0115. The van der Waals surface area contributed by atoms with Crippen molar-refractivity contribution in [2.75, 3.05) is 32.6 Å². The molecule has 0 heterocycles. The van der Waals surface area contributed by atoms with Gasteiger partial charge in [-0.05, 0) is 19.4 Å². The van der Waals surface area contributed by atoms with Gasteiger partial charge >= 0.3 is 12.0 Å².